The second-order valence-electron chi connectivity index (χ2n) is 9.24. The van der Waals surface area contributed by atoms with E-state index in [1.54, 1.807) is 17.5 Å². The molecular formula is C20H21N5O3S. The Morgan fingerprint density at radius 3 is 2.79 bits per heavy atom. The molecule has 4 bridgehead atoms. The second-order valence-corrected chi connectivity index (χ2v) is 10.2. The van der Waals surface area contributed by atoms with Crippen molar-refractivity contribution in [3.8, 4) is 10.8 Å². The summed E-state index contributed by atoms with van der Waals surface area (Å²) >= 11 is 1.60. The van der Waals surface area contributed by atoms with Crippen LogP contribution in [0.2, 0.25) is 0 Å². The van der Waals surface area contributed by atoms with Crippen molar-refractivity contribution in [2.75, 3.05) is 0 Å². The van der Waals surface area contributed by atoms with Gasteiger partial charge in [-0.15, -0.1) is 21.5 Å². The molecule has 0 amide bonds. The molecule has 8 nitrogen and oxygen atoms in total. The van der Waals surface area contributed by atoms with E-state index in [0.29, 0.717) is 23.6 Å². The van der Waals surface area contributed by atoms with Crippen LogP contribution in [-0.4, -0.2) is 24.9 Å². The number of thiophene rings is 1. The van der Waals surface area contributed by atoms with Crippen LogP contribution in [0.4, 0.5) is 5.69 Å². The first kappa shape index (κ1) is 17.3. The summed E-state index contributed by atoms with van der Waals surface area (Å²) in [5, 5.41) is 26.2. The summed E-state index contributed by atoms with van der Waals surface area (Å²) in [5.41, 5.74) is 0.0752. The predicted octanol–water partition coefficient (Wildman–Crippen LogP) is 4.44. The van der Waals surface area contributed by atoms with Gasteiger partial charge in [0.15, 0.2) is 0 Å². The summed E-state index contributed by atoms with van der Waals surface area (Å²) in [7, 11) is 0. The van der Waals surface area contributed by atoms with E-state index < -0.39 is 0 Å². The van der Waals surface area contributed by atoms with Crippen molar-refractivity contribution < 1.29 is 9.34 Å². The Balaban J connectivity index is 1.31. The van der Waals surface area contributed by atoms with Gasteiger partial charge in [0, 0.05) is 6.42 Å². The molecule has 3 heterocycles. The number of rotatable bonds is 5. The lowest BCUT2D eigenvalue weighted by Crippen LogP contribution is -2.57. The van der Waals surface area contributed by atoms with Crippen LogP contribution in [0.3, 0.4) is 0 Å². The molecule has 4 aliphatic rings. The van der Waals surface area contributed by atoms with Gasteiger partial charge in [0.25, 0.3) is 5.89 Å². The molecule has 0 saturated heterocycles. The summed E-state index contributed by atoms with van der Waals surface area (Å²) in [6.07, 6.45) is 10.5. The van der Waals surface area contributed by atoms with Crippen molar-refractivity contribution in [2.45, 2.75) is 50.5 Å². The quantitative estimate of drug-likeness (QED) is 0.454. The minimum Gasteiger partial charge on any atom is -0.420 e. The predicted molar refractivity (Wildman–Crippen MR) is 105 cm³/mol. The van der Waals surface area contributed by atoms with E-state index in [4.69, 9.17) is 4.42 Å². The molecule has 29 heavy (non-hydrogen) atoms. The molecule has 2 unspecified atom stereocenters. The molecule has 0 radical (unpaired) electrons. The average Bonchev–Trinajstić information content (AvgIpc) is 3.41. The Hall–Kier alpha value is -2.55. The van der Waals surface area contributed by atoms with E-state index in [-0.39, 0.29) is 21.6 Å². The molecular weight excluding hydrogens is 390 g/mol. The second kappa shape index (κ2) is 5.98. The molecule has 150 valence electrons. The average molecular weight is 411 g/mol. The third-order valence-electron chi connectivity index (χ3n) is 7.14. The summed E-state index contributed by atoms with van der Waals surface area (Å²) < 4.78 is 7.92. The third kappa shape index (κ3) is 2.74. The van der Waals surface area contributed by atoms with Crippen LogP contribution < -0.4 is 0 Å². The Bertz CT molecular complexity index is 1060. The van der Waals surface area contributed by atoms with Crippen LogP contribution in [0.25, 0.3) is 10.8 Å². The summed E-state index contributed by atoms with van der Waals surface area (Å²) in [5.74, 6) is 2.58. The first-order chi connectivity index (χ1) is 14.0. The fraction of sp³-hybridized carbons (Fsp3) is 0.550. The summed E-state index contributed by atoms with van der Waals surface area (Å²) in [6, 6.07) is 3.97. The minimum atomic E-state index is -0.357. The van der Waals surface area contributed by atoms with Crippen LogP contribution >= 0.6 is 11.3 Å². The maximum Gasteiger partial charge on any atom is 0.307 e. The molecule has 0 N–H and O–H groups in total. The topological polar surface area (TPSA) is 99.9 Å². The van der Waals surface area contributed by atoms with Crippen molar-refractivity contribution >= 4 is 17.0 Å². The minimum absolute atomic E-state index is 0.0762. The van der Waals surface area contributed by atoms with E-state index in [9.17, 15) is 10.1 Å². The van der Waals surface area contributed by atoms with Gasteiger partial charge in [-0.25, -0.2) is 0 Å². The van der Waals surface area contributed by atoms with Crippen LogP contribution in [0.15, 0.2) is 34.3 Å². The van der Waals surface area contributed by atoms with Gasteiger partial charge in [-0.1, -0.05) is 6.07 Å². The zero-order chi connectivity index (χ0) is 19.6. The van der Waals surface area contributed by atoms with Gasteiger partial charge in [-0.2, -0.15) is 5.10 Å². The van der Waals surface area contributed by atoms with E-state index in [0.717, 1.165) is 30.6 Å². The number of aromatic nitrogens is 4. The van der Waals surface area contributed by atoms with E-state index in [2.05, 4.69) is 15.3 Å². The highest BCUT2D eigenvalue weighted by atomic mass is 32.1. The maximum atomic E-state index is 11.2. The highest BCUT2D eigenvalue weighted by molar-refractivity contribution is 7.13. The highest BCUT2D eigenvalue weighted by Crippen LogP contribution is 2.65. The van der Waals surface area contributed by atoms with Gasteiger partial charge in [0.1, 0.15) is 12.4 Å². The van der Waals surface area contributed by atoms with Crippen molar-refractivity contribution in [1.29, 1.82) is 0 Å². The van der Waals surface area contributed by atoms with Gasteiger partial charge < -0.3 is 4.42 Å². The van der Waals surface area contributed by atoms with Crippen LogP contribution in [0, 0.1) is 27.4 Å². The fourth-order valence-corrected chi connectivity index (χ4v) is 7.33. The summed E-state index contributed by atoms with van der Waals surface area (Å²) in [4.78, 5) is 11.8. The first-order valence-corrected chi connectivity index (χ1v) is 11.0. The Labute approximate surface area is 171 Å². The Morgan fingerprint density at radius 1 is 1.28 bits per heavy atom. The lowest BCUT2D eigenvalue weighted by Gasteiger charge is -2.61. The number of hydrogen-bond donors (Lipinski definition) is 0. The normalized spacial score (nSPS) is 32.7. The van der Waals surface area contributed by atoms with Gasteiger partial charge >= 0.3 is 5.69 Å². The number of nitrogens with zero attached hydrogens (tertiary/aromatic N) is 5. The zero-order valence-corrected chi connectivity index (χ0v) is 16.7. The molecule has 7 rings (SSSR count). The SMILES string of the molecule is O=[N+]([O-])c1cnn(C23CC4CC(CC(Cc5nnc(-c6cccs6)o5)(C4)C2)C3)c1. The van der Waals surface area contributed by atoms with Gasteiger partial charge in [0.2, 0.25) is 5.89 Å². The van der Waals surface area contributed by atoms with E-state index in [1.807, 2.05) is 22.2 Å². The smallest absolute Gasteiger partial charge is 0.307 e. The Morgan fingerprint density at radius 2 is 2.10 bits per heavy atom. The van der Waals surface area contributed by atoms with E-state index in [1.165, 1.54) is 25.5 Å². The molecule has 3 aromatic heterocycles. The van der Waals surface area contributed by atoms with Crippen LogP contribution in [0.5, 0.6) is 0 Å². The van der Waals surface area contributed by atoms with Crippen molar-refractivity contribution in [3.05, 3.63) is 45.9 Å². The number of nitro groups is 1. The van der Waals surface area contributed by atoms with Crippen LogP contribution in [0.1, 0.15) is 44.4 Å². The summed E-state index contributed by atoms with van der Waals surface area (Å²) in [6.45, 7) is 0. The van der Waals surface area contributed by atoms with E-state index >= 15 is 0 Å². The molecule has 4 fully saturated rings. The molecule has 4 saturated carbocycles. The maximum absolute atomic E-state index is 11.2. The van der Waals surface area contributed by atoms with Gasteiger partial charge in [-0.3, -0.25) is 14.8 Å². The monoisotopic (exact) mass is 411 g/mol. The molecule has 0 aliphatic heterocycles. The fourth-order valence-electron chi connectivity index (χ4n) is 6.69. The van der Waals surface area contributed by atoms with Crippen molar-refractivity contribution in [2.24, 2.45) is 17.3 Å². The standard InChI is InChI=1S/C20H21N5O3S/c26-25(27)15-10-21-24(11-15)20-7-13-4-14(8-20)6-19(5-13,12-20)9-17-22-23-18(28-17)16-2-1-3-29-16/h1-3,10-11,13-14H,4-9,12H2. The van der Waals surface area contributed by atoms with Crippen LogP contribution in [-0.2, 0) is 12.0 Å². The highest BCUT2D eigenvalue weighted by Gasteiger charge is 2.59. The molecule has 4 aliphatic carbocycles. The number of hydrogen-bond acceptors (Lipinski definition) is 7. The third-order valence-corrected chi connectivity index (χ3v) is 8.00. The lowest BCUT2D eigenvalue weighted by atomic mass is 9.46. The van der Waals surface area contributed by atoms with Gasteiger partial charge in [0.05, 0.1) is 15.3 Å². The largest absolute Gasteiger partial charge is 0.420 e. The first-order valence-electron chi connectivity index (χ1n) is 10.1. The molecule has 9 heteroatoms. The van der Waals surface area contributed by atoms with Gasteiger partial charge in [-0.05, 0) is 67.2 Å². The van der Waals surface area contributed by atoms with Crippen molar-refractivity contribution in [1.82, 2.24) is 20.0 Å². The lowest BCUT2D eigenvalue weighted by molar-refractivity contribution is -0.385. The molecule has 2 atom stereocenters. The molecule has 0 spiro atoms. The zero-order valence-electron chi connectivity index (χ0n) is 15.9. The van der Waals surface area contributed by atoms with Crippen molar-refractivity contribution in [3.63, 3.8) is 0 Å². The molecule has 0 aromatic carbocycles. The Kier molecular flexibility index (Phi) is 3.57. The molecule has 3 aromatic rings.